The molecule has 1 amide bonds. The molecular weight excluding hydrogens is 362 g/mol. The SMILES string of the molecule is CC[C@H]1CCc2c(sc(NC(=O)/C=C/c3cccc([N+](=O)[O-])c3)c2C#N)C1. The standard InChI is InChI=1S/C20H19N3O3S/c1-2-13-6-8-16-17(12-21)20(27-18(16)11-13)22-19(24)9-7-14-4-3-5-15(10-14)23(25)26/h3-5,7,9-10,13H,2,6,8,11H2,1H3,(H,22,24)/b9-7+/t13-/m0/s1. The van der Waals surface area contributed by atoms with Gasteiger partial charge in [0.1, 0.15) is 11.1 Å². The van der Waals surface area contributed by atoms with Crippen LogP contribution < -0.4 is 5.32 Å². The number of thiophene rings is 1. The number of benzene rings is 1. The summed E-state index contributed by atoms with van der Waals surface area (Å²) < 4.78 is 0. The average Bonchev–Trinajstić information content (AvgIpc) is 3.02. The van der Waals surface area contributed by atoms with Crippen molar-refractivity contribution in [3.05, 3.63) is 62.0 Å². The summed E-state index contributed by atoms with van der Waals surface area (Å²) in [6, 6.07) is 8.29. The molecule has 7 heteroatoms. The summed E-state index contributed by atoms with van der Waals surface area (Å²) >= 11 is 1.48. The quantitative estimate of drug-likeness (QED) is 0.461. The molecule has 138 valence electrons. The lowest BCUT2D eigenvalue weighted by molar-refractivity contribution is -0.384. The molecule has 1 heterocycles. The van der Waals surface area contributed by atoms with Gasteiger partial charge in [0.25, 0.3) is 5.69 Å². The summed E-state index contributed by atoms with van der Waals surface area (Å²) in [5.41, 5.74) is 2.18. The molecule has 1 aliphatic carbocycles. The lowest BCUT2D eigenvalue weighted by Gasteiger charge is -2.20. The number of nitro benzene ring substituents is 1. The number of fused-ring (bicyclic) bond motifs is 1. The molecular formula is C20H19N3O3S. The van der Waals surface area contributed by atoms with Crippen molar-refractivity contribution in [1.82, 2.24) is 0 Å². The van der Waals surface area contributed by atoms with Gasteiger partial charge in [-0.1, -0.05) is 25.5 Å². The molecule has 1 aliphatic rings. The van der Waals surface area contributed by atoms with Gasteiger partial charge in [-0.3, -0.25) is 14.9 Å². The summed E-state index contributed by atoms with van der Waals surface area (Å²) in [4.78, 5) is 23.8. The van der Waals surface area contributed by atoms with Crippen LogP contribution in [0, 0.1) is 27.4 Å². The Morgan fingerprint density at radius 3 is 3.04 bits per heavy atom. The number of amides is 1. The van der Waals surface area contributed by atoms with Gasteiger partial charge in [0.15, 0.2) is 0 Å². The van der Waals surface area contributed by atoms with Gasteiger partial charge in [-0.05, 0) is 42.4 Å². The monoisotopic (exact) mass is 381 g/mol. The van der Waals surface area contributed by atoms with Gasteiger partial charge >= 0.3 is 0 Å². The number of rotatable bonds is 5. The van der Waals surface area contributed by atoms with E-state index in [0.29, 0.717) is 22.0 Å². The Labute approximate surface area is 161 Å². The fourth-order valence-corrected chi connectivity index (χ4v) is 4.59. The van der Waals surface area contributed by atoms with Crippen LogP contribution >= 0.6 is 11.3 Å². The van der Waals surface area contributed by atoms with Gasteiger partial charge in [0.2, 0.25) is 5.91 Å². The number of carbonyl (C=O) groups excluding carboxylic acids is 1. The predicted octanol–water partition coefficient (Wildman–Crippen LogP) is 4.69. The lowest BCUT2D eigenvalue weighted by atomic mass is 9.86. The average molecular weight is 381 g/mol. The van der Waals surface area contributed by atoms with Crippen molar-refractivity contribution in [3.8, 4) is 6.07 Å². The van der Waals surface area contributed by atoms with Crippen molar-refractivity contribution in [1.29, 1.82) is 5.26 Å². The van der Waals surface area contributed by atoms with E-state index in [4.69, 9.17) is 0 Å². The van der Waals surface area contributed by atoms with Gasteiger partial charge in [-0.25, -0.2) is 0 Å². The molecule has 6 nitrogen and oxygen atoms in total. The molecule has 1 aromatic heterocycles. The number of non-ortho nitro benzene ring substituents is 1. The molecule has 0 spiro atoms. The van der Waals surface area contributed by atoms with Crippen LogP contribution in [0.3, 0.4) is 0 Å². The van der Waals surface area contributed by atoms with E-state index >= 15 is 0 Å². The zero-order valence-electron chi connectivity index (χ0n) is 14.9. The Balaban J connectivity index is 1.75. The lowest BCUT2D eigenvalue weighted by Crippen LogP contribution is -2.12. The van der Waals surface area contributed by atoms with Crippen molar-refractivity contribution >= 4 is 34.0 Å². The Morgan fingerprint density at radius 2 is 2.33 bits per heavy atom. The van der Waals surface area contributed by atoms with Gasteiger partial charge in [-0.2, -0.15) is 5.26 Å². The highest BCUT2D eigenvalue weighted by atomic mass is 32.1. The number of nitrogens with zero attached hydrogens (tertiary/aromatic N) is 2. The Bertz CT molecular complexity index is 956. The van der Waals surface area contributed by atoms with E-state index in [1.807, 2.05) is 0 Å². The zero-order valence-corrected chi connectivity index (χ0v) is 15.7. The molecule has 0 saturated heterocycles. The summed E-state index contributed by atoms with van der Waals surface area (Å²) in [5.74, 6) is 0.281. The maximum absolute atomic E-state index is 12.3. The third-order valence-corrected chi connectivity index (χ3v) is 5.97. The second-order valence-corrected chi connectivity index (χ2v) is 7.62. The third kappa shape index (κ3) is 4.23. The molecule has 0 fully saturated rings. The Hall–Kier alpha value is -2.98. The van der Waals surface area contributed by atoms with Crippen LogP contribution in [0.2, 0.25) is 0 Å². The van der Waals surface area contributed by atoms with Crippen molar-refractivity contribution < 1.29 is 9.72 Å². The molecule has 27 heavy (non-hydrogen) atoms. The number of nitrogens with one attached hydrogen (secondary N) is 1. The molecule has 1 atom stereocenters. The number of carbonyl (C=O) groups is 1. The summed E-state index contributed by atoms with van der Waals surface area (Å²) in [5, 5.41) is 23.7. The van der Waals surface area contributed by atoms with Gasteiger partial charge < -0.3 is 5.32 Å². The van der Waals surface area contributed by atoms with Gasteiger partial charge in [0, 0.05) is 23.1 Å². The van der Waals surface area contributed by atoms with E-state index in [0.717, 1.165) is 31.2 Å². The highest BCUT2D eigenvalue weighted by molar-refractivity contribution is 7.16. The number of nitriles is 1. The maximum atomic E-state index is 12.3. The maximum Gasteiger partial charge on any atom is 0.270 e. The van der Waals surface area contributed by atoms with Gasteiger partial charge in [0.05, 0.1) is 10.5 Å². The second-order valence-electron chi connectivity index (χ2n) is 6.51. The van der Waals surface area contributed by atoms with Crippen molar-refractivity contribution in [2.45, 2.75) is 32.6 Å². The third-order valence-electron chi connectivity index (χ3n) is 4.80. The van der Waals surface area contributed by atoms with E-state index < -0.39 is 4.92 Å². The minimum Gasteiger partial charge on any atom is -0.313 e. The van der Waals surface area contributed by atoms with Crippen molar-refractivity contribution in [2.24, 2.45) is 5.92 Å². The number of hydrogen-bond donors (Lipinski definition) is 1. The van der Waals surface area contributed by atoms with Crippen LogP contribution in [0.25, 0.3) is 6.08 Å². The van der Waals surface area contributed by atoms with Crippen molar-refractivity contribution in [2.75, 3.05) is 5.32 Å². The minimum atomic E-state index is -0.476. The second kappa shape index (κ2) is 8.14. The summed E-state index contributed by atoms with van der Waals surface area (Å²) in [7, 11) is 0. The number of nitro groups is 1. The first kappa shape index (κ1) is 18.8. The minimum absolute atomic E-state index is 0.0271. The predicted molar refractivity (Wildman–Crippen MR) is 106 cm³/mol. The molecule has 0 aliphatic heterocycles. The normalized spacial score (nSPS) is 15.9. The van der Waals surface area contributed by atoms with E-state index in [1.165, 1.54) is 40.5 Å². The molecule has 0 bridgehead atoms. The number of hydrogen-bond acceptors (Lipinski definition) is 5. The highest BCUT2D eigenvalue weighted by Gasteiger charge is 2.25. The largest absolute Gasteiger partial charge is 0.313 e. The first-order valence-electron chi connectivity index (χ1n) is 8.80. The van der Waals surface area contributed by atoms with Crippen LogP contribution in [0.1, 0.15) is 41.3 Å². The molecule has 0 radical (unpaired) electrons. The Morgan fingerprint density at radius 1 is 1.52 bits per heavy atom. The molecule has 1 N–H and O–H groups in total. The van der Waals surface area contributed by atoms with Crippen LogP contribution in [0.15, 0.2) is 30.3 Å². The van der Waals surface area contributed by atoms with E-state index in [1.54, 1.807) is 12.1 Å². The molecule has 0 saturated carbocycles. The fraction of sp³-hybridized carbons (Fsp3) is 0.300. The van der Waals surface area contributed by atoms with Crippen molar-refractivity contribution in [3.63, 3.8) is 0 Å². The zero-order chi connectivity index (χ0) is 19.4. The first-order chi connectivity index (χ1) is 13.0. The van der Waals surface area contributed by atoms with Crippen LogP contribution in [0.4, 0.5) is 10.7 Å². The number of anilines is 1. The van der Waals surface area contributed by atoms with Gasteiger partial charge in [-0.15, -0.1) is 11.3 Å². The first-order valence-corrected chi connectivity index (χ1v) is 9.61. The summed E-state index contributed by atoms with van der Waals surface area (Å²) in [6.45, 7) is 2.18. The Kier molecular flexibility index (Phi) is 5.67. The van der Waals surface area contributed by atoms with Crippen LogP contribution in [-0.4, -0.2) is 10.8 Å². The van der Waals surface area contributed by atoms with E-state index in [2.05, 4.69) is 18.3 Å². The van der Waals surface area contributed by atoms with E-state index in [-0.39, 0.29) is 11.6 Å². The highest BCUT2D eigenvalue weighted by Crippen LogP contribution is 2.40. The molecule has 2 aromatic rings. The van der Waals surface area contributed by atoms with E-state index in [9.17, 15) is 20.2 Å². The summed E-state index contributed by atoms with van der Waals surface area (Å²) in [6.07, 6.45) is 6.89. The molecule has 0 unspecified atom stereocenters. The smallest absolute Gasteiger partial charge is 0.270 e. The molecule has 1 aromatic carbocycles. The fourth-order valence-electron chi connectivity index (χ4n) is 3.28. The topological polar surface area (TPSA) is 96.0 Å². The molecule has 3 rings (SSSR count). The van der Waals surface area contributed by atoms with Crippen LogP contribution in [-0.2, 0) is 17.6 Å². The van der Waals surface area contributed by atoms with Crippen LogP contribution in [0.5, 0.6) is 0 Å².